The lowest BCUT2D eigenvalue weighted by molar-refractivity contribution is 0.100. The standard InChI is InChI=1S/C8H8ClN3O/c9-7-5(8(10)13)6-4(3-12-7)1-2-11-6/h3,11H,1-2H2,(H2,10,13). The predicted molar refractivity (Wildman–Crippen MR) is 50.0 cm³/mol. The van der Waals surface area contributed by atoms with E-state index in [4.69, 9.17) is 17.3 Å². The molecule has 0 spiro atoms. The van der Waals surface area contributed by atoms with Gasteiger partial charge < -0.3 is 11.1 Å². The Morgan fingerprint density at radius 1 is 1.69 bits per heavy atom. The quantitative estimate of drug-likeness (QED) is 0.655. The molecule has 0 saturated heterocycles. The zero-order valence-electron chi connectivity index (χ0n) is 6.80. The fourth-order valence-corrected chi connectivity index (χ4v) is 1.70. The summed E-state index contributed by atoms with van der Waals surface area (Å²) < 4.78 is 0. The van der Waals surface area contributed by atoms with Crippen molar-refractivity contribution in [1.82, 2.24) is 4.98 Å². The largest absolute Gasteiger partial charge is 0.384 e. The van der Waals surface area contributed by atoms with Gasteiger partial charge in [-0.05, 0) is 12.0 Å². The molecule has 1 amide bonds. The van der Waals surface area contributed by atoms with Crippen molar-refractivity contribution in [1.29, 1.82) is 0 Å². The molecule has 0 saturated carbocycles. The van der Waals surface area contributed by atoms with Crippen LogP contribution in [0, 0.1) is 0 Å². The highest BCUT2D eigenvalue weighted by Crippen LogP contribution is 2.29. The third-order valence-electron chi connectivity index (χ3n) is 2.05. The van der Waals surface area contributed by atoms with Crippen LogP contribution < -0.4 is 11.1 Å². The molecule has 0 aliphatic carbocycles. The number of pyridine rings is 1. The van der Waals surface area contributed by atoms with Gasteiger partial charge in [0.15, 0.2) is 0 Å². The van der Waals surface area contributed by atoms with Gasteiger partial charge in [-0.15, -0.1) is 0 Å². The summed E-state index contributed by atoms with van der Waals surface area (Å²) in [4.78, 5) is 14.9. The number of hydrogen-bond donors (Lipinski definition) is 2. The maximum Gasteiger partial charge on any atom is 0.253 e. The van der Waals surface area contributed by atoms with Crippen molar-refractivity contribution in [2.24, 2.45) is 5.73 Å². The maximum absolute atomic E-state index is 11.0. The molecule has 0 radical (unpaired) electrons. The van der Waals surface area contributed by atoms with Crippen LogP contribution >= 0.6 is 11.6 Å². The van der Waals surface area contributed by atoms with Gasteiger partial charge >= 0.3 is 0 Å². The minimum atomic E-state index is -0.538. The molecule has 1 aromatic rings. The van der Waals surface area contributed by atoms with E-state index in [1.165, 1.54) is 0 Å². The summed E-state index contributed by atoms with van der Waals surface area (Å²) in [6.45, 7) is 0.803. The number of amides is 1. The first-order valence-corrected chi connectivity index (χ1v) is 4.29. The third kappa shape index (κ3) is 1.23. The zero-order chi connectivity index (χ0) is 9.42. The zero-order valence-corrected chi connectivity index (χ0v) is 7.56. The number of nitrogens with two attached hydrogens (primary N) is 1. The molecule has 1 aliphatic heterocycles. The number of carbonyl (C=O) groups is 1. The number of rotatable bonds is 1. The highest BCUT2D eigenvalue weighted by atomic mass is 35.5. The molecule has 0 atom stereocenters. The van der Waals surface area contributed by atoms with Gasteiger partial charge in [-0.2, -0.15) is 0 Å². The van der Waals surface area contributed by atoms with Crippen LogP contribution in [0.15, 0.2) is 6.20 Å². The van der Waals surface area contributed by atoms with Crippen LogP contribution in [-0.4, -0.2) is 17.4 Å². The van der Waals surface area contributed by atoms with Crippen LogP contribution in [-0.2, 0) is 6.42 Å². The van der Waals surface area contributed by atoms with E-state index >= 15 is 0 Å². The van der Waals surface area contributed by atoms with Gasteiger partial charge in [-0.25, -0.2) is 4.98 Å². The van der Waals surface area contributed by atoms with Crippen LogP contribution in [0.2, 0.25) is 5.15 Å². The van der Waals surface area contributed by atoms with Gasteiger partial charge in [0, 0.05) is 12.7 Å². The first-order valence-electron chi connectivity index (χ1n) is 3.91. The van der Waals surface area contributed by atoms with Crippen molar-refractivity contribution in [3.8, 4) is 0 Å². The van der Waals surface area contributed by atoms with Crippen molar-refractivity contribution < 1.29 is 4.79 Å². The van der Waals surface area contributed by atoms with E-state index in [0.717, 1.165) is 24.2 Å². The first-order chi connectivity index (χ1) is 6.20. The van der Waals surface area contributed by atoms with Crippen LogP contribution in [0.4, 0.5) is 5.69 Å². The van der Waals surface area contributed by atoms with E-state index in [0.29, 0.717) is 5.56 Å². The molecular weight excluding hydrogens is 190 g/mol. The van der Waals surface area contributed by atoms with E-state index < -0.39 is 5.91 Å². The molecule has 68 valence electrons. The second-order valence-corrected chi connectivity index (χ2v) is 3.22. The van der Waals surface area contributed by atoms with Crippen molar-refractivity contribution in [3.05, 3.63) is 22.5 Å². The number of nitrogens with zero attached hydrogens (tertiary/aromatic N) is 1. The molecule has 0 aromatic carbocycles. The minimum absolute atomic E-state index is 0.167. The second kappa shape index (κ2) is 2.88. The summed E-state index contributed by atoms with van der Waals surface area (Å²) in [7, 11) is 0. The number of aromatic nitrogens is 1. The normalized spacial score (nSPS) is 13.6. The summed E-state index contributed by atoms with van der Waals surface area (Å²) in [6, 6.07) is 0. The van der Waals surface area contributed by atoms with Gasteiger partial charge in [-0.1, -0.05) is 11.6 Å². The van der Waals surface area contributed by atoms with Crippen molar-refractivity contribution in [3.63, 3.8) is 0 Å². The van der Waals surface area contributed by atoms with E-state index in [1.807, 2.05) is 0 Å². The average Bonchev–Trinajstić information content (AvgIpc) is 2.50. The highest BCUT2D eigenvalue weighted by molar-refractivity contribution is 6.33. The van der Waals surface area contributed by atoms with E-state index in [2.05, 4.69) is 10.3 Å². The Bertz CT molecular complexity index is 378. The molecule has 0 bridgehead atoms. The molecule has 1 aromatic heterocycles. The number of halogens is 1. The fourth-order valence-electron chi connectivity index (χ4n) is 1.47. The number of carbonyl (C=O) groups excluding carboxylic acids is 1. The Kier molecular flexibility index (Phi) is 1.84. The summed E-state index contributed by atoms with van der Waals surface area (Å²) in [5, 5.41) is 3.23. The number of nitrogens with one attached hydrogen (secondary N) is 1. The van der Waals surface area contributed by atoms with Crippen LogP contribution in [0.3, 0.4) is 0 Å². The molecule has 0 unspecified atom stereocenters. The lowest BCUT2D eigenvalue weighted by Crippen LogP contribution is -2.14. The number of hydrogen-bond acceptors (Lipinski definition) is 3. The van der Waals surface area contributed by atoms with E-state index in [9.17, 15) is 4.79 Å². The van der Waals surface area contributed by atoms with E-state index in [1.54, 1.807) is 6.20 Å². The van der Waals surface area contributed by atoms with Crippen LogP contribution in [0.5, 0.6) is 0 Å². The molecular formula is C8H8ClN3O. The van der Waals surface area contributed by atoms with Gasteiger partial charge in [0.25, 0.3) is 5.91 Å². The van der Waals surface area contributed by atoms with Crippen LogP contribution in [0.1, 0.15) is 15.9 Å². The summed E-state index contributed by atoms with van der Waals surface area (Å²) in [5.74, 6) is -0.538. The Morgan fingerprint density at radius 3 is 3.15 bits per heavy atom. The van der Waals surface area contributed by atoms with E-state index in [-0.39, 0.29) is 5.15 Å². The molecule has 13 heavy (non-hydrogen) atoms. The monoisotopic (exact) mass is 197 g/mol. The van der Waals surface area contributed by atoms with Crippen molar-refractivity contribution >= 4 is 23.2 Å². The lowest BCUT2D eigenvalue weighted by atomic mass is 10.1. The van der Waals surface area contributed by atoms with Gasteiger partial charge in [0.05, 0.1) is 11.3 Å². The number of fused-ring (bicyclic) bond motifs is 1. The smallest absolute Gasteiger partial charge is 0.253 e. The molecule has 2 heterocycles. The predicted octanol–water partition coefficient (Wildman–Crippen LogP) is 0.802. The SMILES string of the molecule is NC(=O)c1c(Cl)ncc2c1NCC2. The van der Waals surface area contributed by atoms with Gasteiger partial charge in [-0.3, -0.25) is 4.79 Å². The lowest BCUT2D eigenvalue weighted by Gasteiger charge is -2.05. The fraction of sp³-hybridized carbons (Fsp3) is 0.250. The van der Waals surface area contributed by atoms with Crippen molar-refractivity contribution in [2.45, 2.75) is 6.42 Å². The molecule has 5 heteroatoms. The van der Waals surface area contributed by atoms with Crippen LogP contribution in [0.25, 0.3) is 0 Å². The molecule has 3 N–H and O–H groups in total. The topological polar surface area (TPSA) is 68.0 Å². The Balaban J connectivity index is 2.65. The average molecular weight is 198 g/mol. The molecule has 1 aliphatic rings. The maximum atomic E-state index is 11.0. The van der Waals surface area contributed by atoms with Gasteiger partial charge in [0.2, 0.25) is 0 Å². The Morgan fingerprint density at radius 2 is 2.46 bits per heavy atom. The molecule has 2 rings (SSSR count). The molecule has 4 nitrogen and oxygen atoms in total. The molecule has 0 fully saturated rings. The highest BCUT2D eigenvalue weighted by Gasteiger charge is 2.20. The van der Waals surface area contributed by atoms with Gasteiger partial charge in [0.1, 0.15) is 5.15 Å². The third-order valence-corrected chi connectivity index (χ3v) is 2.34. The Hall–Kier alpha value is -1.29. The van der Waals surface area contributed by atoms with Crippen molar-refractivity contribution in [2.75, 3.05) is 11.9 Å². The second-order valence-electron chi connectivity index (χ2n) is 2.87. The summed E-state index contributed by atoms with van der Waals surface area (Å²) in [5.41, 5.74) is 7.23. The number of anilines is 1. The first kappa shape index (κ1) is 8.31. The summed E-state index contributed by atoms with van der Waals surface area (Å²) >= 11 is 5.75. The minimum Gasteiger partial charge on any atom is -0.384 e. The summed E-state index contributed by atoms with van der Waals surface area (Å²) in [6.07, 6.45) is 2.53. The number of primary amides is 1. The Labute approximate surface area is 80.1 Å².